The van der Waals surface area contributed by atoms with Crippen LogP contribution >= 0.6 is 0 Å². The van der Waals surface area contributed by atoms with Crippen molar-refractivity contribution in [2.75, 3.05) is 7.11 Å². The molecule has 0 aliphatic carbocycles. The minimum absolute atomic E-state index is 0.00144. The third-order valence-corrected chi connectivity index (χ3v) is 5.56. The quantitative estimate of drug-likeness (QED) is 0.308. The first-order chi connectivity index (χ1) is 16.7. The van der Waals surface area contributed by atoms with Crippen LogP contribution in [-0.2, 0) is 16.1 Å². The summed E-state index contributed by atoms with van der Waals surface area (Å²) in [5, 5.41) is 2.62. The van der Waals surface area contributed by atoms with Gasteiger partial charge in [0.05, 0.1) is 19.8 Å². The van der Waals surface area contributed by atoms with Crippen LogP contribution in [0.1, 0.15) is 47.1 Å². The Bertz CT molecular complexity index is 1310. The molecule has 2 aromatic heterocycles. The lowest BCUT2D eigenvalue weighted by Crippen LogP contribution is -2.30. The number of aromatic nitrogens is 1. The minimum atomic E-state index is -0.633. The number of aryl methyl sites for hydroxylation is 1. The summed E-state index contributed by atoms with van der Waals surface area (Å²) in [6.45, 7) is 7.78. The van der Waals surface area contributed by atoms with Crippen molar-refractivity contribution < 1.29 is 28.3 Å². The molecule has 0 saturated carbocycles. The Morgan fingerprint density at radius 3 is 2.49 bits per heavy atom. The number of nitrogens with zero attached hydrogens (tertiary/aromatic N) is 2. The van der Waals surface area contributed by atoms with E-state index in [-0.39, 0.29) is 24.1 Å². The zero-order valence-electron chi connectivity index (χ0n) is 20.2. The molecule has 9 nitrogen and oxygen atoms in total. The number of urea groups is 1. The number of hydrogen-bond acceptors (Lipinski definition) is 6. The van der Waals surface area contributed by atoms with Crippen molar-refractivity contribution >= 4 is 24.0 Å². The molecule has 9 heteroatoms. The van der Waals surface area contributed by atoms with E-state index in [1.807, 2.05) is 58.0 Å². The summed E-state index contributed by atoms with van der Waals surface area (Å²) in [5.74, 6) is -0.0274. The summed E-state index contributed by atoms with van der Waals surface area (Å²) in [4.78, 5) is 38.0. The summed E-state index contributed by atoms with van der Waals surface area (Å²) < 4.78 is 17.8. The molecule has 0 bridgehead atoms. The second kappa shape index (κ2) is 9.54. The highest BCUT2D eigenvalue weighted by Gasteiger charge is 2.34. The van der Waals surface area contributed by atoms with Gasteiger partial charge in [-0.15, -0.1) is 0 Å². The number of carbonyl (C=O) groups excluding carboxylic acids is 3. The number of hydrogen-bond donors (Lipinski definition) is 1. The SMILES string of the molecule is COC(=O)c1ccc(CN2C(=O)N/C(=C\c3cc(C)n(-c4ccc(OC(C)C)cc4)c3C)C2=O)o1. The fourth-order valence-corrected chi connectivity index (χ4v) is 3.98. The summed E-state index contributed by atoms with van der Waals surface area (Å²) >= 11 is 0. The van der Waals surface area contributed by atoms with Gasteiger partial charge in [0.25, 0.3) is 5.91 Å². The second-order valence-electron chi connectivity index (χ2n) is 8.46. The number of ether oxygens (including phenoxy) is 2. The summed E-state index contributed by atoms with van der Waals surface area (Å²) in [6.07, 6.45) is 1.76. The molecule has 3 aromatic rings. The fraction of sp³-hybridized carbons (Fsp3) is 0.269. The van der Waals surface area contributed by atoms with Crippen molar-refractivity contribution in [3.63, 3.8) is 0 Å². The molecule has 4 rings (SSSR count). The monoisotopic (exact) mass is 477 g/mol. The van der Waals surface area contributed by atoms with E-state index in [9.17, 15) is 14.4 Å². The first kappa shape index (κ1) is 23.9. The molecule has 0 atom stereocenters. The zero-order valence-corrected chi connectivity index (χ0v) is 20.2. The van der Waals surface area contributed by atoms with Crippen molar-refractivity contribution in [1.82, 2.24) is 14.8 Å². The van der Waals surface area contributed by atoms with Crippen molar-refractivity contribution in [2.24, 2.45) is 0 Å². The highest BCUT2D eigenvalue weighted by atomic mass is 16.5. The van der Waals surface area contributed by atoms with E-state index in [1.165, 1.54) is 19.2 Å². The highest BCUT2D eigenvalue weighted by molar-refractivity contribution is 6.13. The molecule has 35 heavy (non-hydrogen) atoms. The number of benzene rings is 1. The Balaban J connectivity index is 1.55. The van der Waals surface area contributed by atoms with Gasteiger partial charge in [-0.05, 0) is 81.8 Å². The van der Waals surface area contributed by atoms with E-state index >= 15 is 0 Å². The van der Waals surface area contributed by atoms with E-state index in [4.69, 9.17) is 9.15 Å². The number of carbonyl (C=O) groups is 3. The molecule has 1 aliphatic heterocycles. The van der Waals surface area contributed by atoms with Crippen LogP contribution in [0.2, 0.25) is 0 Å². The lowest BCUT2D eigenvalue weighted by atomic mass is 10.2. The molecule has 3 heterocycles. The van der Waals surface area contributed by atoms with Gasteiger partial charge in [0.1, 0.15) is 17.2 Å². The Morgan fingerprint density at radius 1 is 1.11 bits per heavy atom. The predicted octanol–water partition coefficient (Wildman–Crippen LogP) is 4.35. The lowest BCUT2D eigenvalue weighted by molar-refractivity contribution is -0.123. The van der Waals surface area contributed by atoms with Gasteiger partial charge in [-0.2, -0.15) is 0 Å². The normalized spacial score (nSPS) is 14.7. The fourth-order valence-electron chi connectivity index (χ4n) is 3.98. The molecule has 0 spiro atoms. The first-order valence-electron chi connectivity index (χ1n) is 11.2. The molecular formula is C26H27N3O6. The van der Waals surface area contributed by atoms with E-state index < -0.39 is 17.9 Å². The Hall–Kier alpha value is -4.27. The zero-order chi connectivity index (χ0) is 25.3. The second-order valence-corrected chi connectivity index (χ2v) is 8.46. The van der Waals surface area contributed by atoms with Crippen molar-refractivity contribution in [1.29, 1.82) is 0 Å². The number of nitrogens with one attached hydrogen (secondary N) is 1. The van der Waals surface area contributed by atoms with Gasteiger partial charge in [0, 0.05) is 17.1 Å². The summed E-state index contributed by atoms with van der Waals surface area (Å²) in [5.41, 5.74) is 3.83. The van der Waals surface area contributed by atoms with Crippen LogP contribution in [0.4, 0.5) is 4.79 Å². The molecular weight excluding hydrogens is 450 g/mol. The minimum Gasteiger partial charge on any atom is -0.491 e. The number of imide groups is 1. The lowest BCUT2D eigenvalue weighted by Gasteiger charge is -2.13. The number of methoxy groups -OCH3 is 1. The van der Waals surface area contributed by atoms with Crippen LogP contribution in [0.15, 0.2) is 52.6 Å². The van der Waals surface area contributed by atoms with E-state index in [1.54, 1.807) is 6.08 Å². The largest absolute Gasteiger partial charge is 0.491 e. The molecule has 182 valence electrons. The van der Waals surface area contributed by atoms with E-state index in [0.717, 1.165) is 33.3 Å². The molecule has 1 aliphatic rings. The molecule has 1 fully saturated rings. The van der Waals surface area contributed by atoms with Gasteiger partial charge < -0.3 is 23.8 Å². The summed E-state index contributed by atoms with van der Waals surface area (Å²) in [7, 11) is 1.24. The Morgan fingerprint density at radius 2 is 1.83 bits per heavy atom. The van der Waals surface area contributed by atoms with Crippen LogP contribution in [0.5, 0.6) is 5.75 Å². The third kappa shape index (κ3) is 4.84. The molecule has 0 radical (unpaired) electrons. The number of esters is 1. The molecule has 0 unspecified atom stereocenters. The highest BCUT2D eigenvalue weighted by Crippen LogP contribution is 2.26. The van der Waals surface area contributed by atoms with Gasteiger partial charge in [-0.3, -0.25) is 9.69 Å². The van der Waals surface area contributed by atoms with Crippen molar-refractivity contribution in [3.05, 3.63) is 76.6 Å². The van der Waals surface area contributed by atoms with Crippen LogP contribution in [-0.4, -0.2) is 40.6 Å². The number of furan rings is 1. The Labute approximate surface area is 202 Å². The maximum atomic E-state index is 12.9. The van der Waals surface area contributed by atoms with Gasteiger partial charge in [-0.25, -0.2) is 9.59 Å². The van der Waals surface area contributed by atoms with Gasteiger partial charge >= 0.3 is 12.0 Å². The van der Waals surface area contributed by atoms with Gasteiger partial charge in [-0.1, -0.05) is 0 Å². The number of amides is 3. The standard InChI is InChI=1S/C26H27N3O6/c1-15(2)34-20-8-6-19(7-9-20)29-16(3)12-18(17(29)4)13-22-24(30)28(26(32)27-22)14-21-10-11-23(35-21)25(31)33-5/h6-13,15H,14H2,1-5H3,(H,27,32)/b22-13-. The van der Waals surface area contributed by atoms with Crippen molar-refractivity contribution in [3.8, 4) is 11.4 Å². The Kier molecular flexibility index (Phi) is 6.50. The first-order valence-corrected chi connectivity index (χ1v) is 11.2. The predicted molar refractivity (Wildman–Crippen MR) is 128 cm³/mol. The smallest absolute Gasteiger partial charge is 0.373 e. The van der Waals surface area contributed by atoms with Gasteiger partial charge in [0.15, 0.2) is 0 Å². The average molecular weight is 478 g/mol. The van der Waals surface area contributed by atoms with E-state index in [2.05, 4.69) is 14.6 Å². The third-order valence-electron chi connectivity index (χ3n) is 5.56. The molecule has 3 amide bonds. The maximum Gasteiger partial charge on any atom is 0.373 e. The van der Waals surface area contributed by atoms with Crippen LogP contribution in [0.3, 0.4) is 0 Å². The molecule has 1 saturated heterocycles. The van der Waals surface area contributed by atoms with Crippen LogP contribution in [0.25, 0.3) is 11.8 Å². The number of rotatable bonds is 7. The van der Waals surface area contributed by atoms with Crippen molar-refractivity contribution in [2.45, 2.75) is 40.3 Å². The van der Waals surface area contributed by atoms with Gasteiger partial charge in [0.2, 0.25) is 5.76 Å². The molecule has 1 aromatic carbocycles. The van der Waals surface area contributed by atoms with Crippen LogP contribution < -0.4 is 10.1 Å². The van der Waals surface area contributed by atoms with E-state index in [0.29, 0.717) is 5.76 Å². The maximum absolute atomic E-state index is 12.9. The summed E-state index contributed by atoms with van der Waals surface area (Å²) in [6, 6.07) is 12.2. The average Bonchev–Trinajstić information content (AvgIpc) is 3.47. The van der Waals surface area contributed by atoms with Crippen LogP contribution in [0, 0.1) is 13.8 Å². The topological polar surface area (TPSA) is 103 Å². The molecule has 1 N–H and O–H groups in total.